The van der Waals surface area contributed by atoms with Gasteiger partial charge in [0.15, 0.2) is 0 Å². The Bertz CT molecular complexity index is 416. The predicted octanol–water partition coefficient (Wildman–Crippen LogP) is -0.482. The molecular weight excluding hydrogens is 282 g/mol. The molecule has 9 heteroatoms. The zero-order valence-electron chi connectivity index (χ0n) is 12.2. The molecule has 0 heterocycles. The van der Waals surface area contributed by atoms with Crippen LogP contribution in [0, 0.1) is 0 Å². The van der Waals surface area contributed by atoms with Crippen LogP contribution in [0.1, 0.15) is 33.6 Å². The summed E-state index contributed by atoms with van der Waals surface area (Å²) in [7, 11) is 0. The molecule has 0 aromatic rings. The van der Waals surface area contributed by atoms with Crippen LogP contribution in [0.3, 0.4) is 0 Å². The fourth-order valence-corrected chi connectivity index (χ4v) is 1.36. The van der Waals surface area contributed by atoms with Crippen LogP contribution in [0.15, 0.2) is 0 Å². The van der Waals surface area contributed by atoms with Gasteiger partial charge in [-0.1, -0.05) is 0 Å². The highest BCUT2D eigenvalue weighted by atomic mass is 16.4. The highest BCUT2D eigenvalue weighted by Gasteiger charge is 2.21. The maximum atomic E-state index is 11.5. The van der Waals surface area contributed by atoms with E-state index in [2.05, 4.69) is 16.0 Å². The molecule has 0 unspecified atom stereocenters. The van der Waals surface area contributed by atoms with Gasteiger partial charge in [0.05, 0.1) is 6.54 Å². The second kappa shape index (κ2) is 8.08. The molecule has 120 valence electrons. The van der Waals surface area contributed by atoms with Crippen molar-refractivity contribution in [2.75, 3.05) is 6.54 Å². The van der Waals surface area contributed by atoms with Crippen LogP contribution < -0.4 is 16.0 Å². The molecule has 0 saturated heterocycles. The second-order valence-electron chi connectivity index (χ2n) is 5.45. The Morgan fingerprint density at radius 2 is 1.67 bits per heavy atom. The zero-order valence-corrected chi connectivity index (χ0v) is 12.2. The minimum Gasteiger partial charge on any atom is -0.481 e. The van der Waals surface area contributed by atoms with E-state index in [1.54, 1.807) is 20.8 Å². The molecule has 0 radical (unpaired) electrons. The summed E-state index contributed by atoms with van der Waals surface area (Å²) in [4.78, 5) is 44.2. The number of hydrogen-bond donors (Lipinski definition) is 5. The van der Waals surface area contributed by atoms with Crippen molar-refractivity contribution in [2.45, 2.75) is 45.2 Å². The van der Waals surface area contributed by atoms with Gasteiger partial charge in [-0.25, -0.2) is 9.59 Å². The molecule has 0 aliphatic carbocycles. The Hall–Kier alpha value is -2.32. The lowest BCUT2D eigenvalue weighted by Gasteiger charge is -2.21. The van der Waals surface area contributed by atoms with Crippen LogP contribution >= 0.6 is 0 Å². The monoisotopic (exact) mass is 303 g/mol. The Kier molecular flexibility index (Phi) is 7.18. The van der Waals surface area contributed by atoms with Crippen LogP contribution in [0.5, 0.6) is 0 Å². The Balaban J connectivity index is 4.23. The van der Waals surface area contributed by atoms with Gasteiger partial charge in [-0.05, 0) is 27.2 Å². The topological polar surface area (TPSA) is 145 Å². The van der Waals surface area contributed by atoms with Gasteiger partial charge in [-0.2, -0.15) is 0 Å². The zero-order chi connectivity index (χ0) is 16.6. The van der Waals surface area contributed by atoms with Crippen LogP contribution in [0.2, 0.25) is 0 Å². The van der Waals surface area contributed by atoms with Gasteiger partial charge in [0, 0.05) is 12.0 Å². The van der Waals surface area contributed by atoms with E-state index in [-0.39, 0.29) is 19.4 Å². The quantitative estimate of drug-likeness (QED) is 0.429. The normalized spacial score (nSPS) is 12.1. The summed E-state index contributed by atoms with van der Waals surface area (Å²) in [6, 6.07) is -2.18. The van der Waals surface area contributed by atoms with E-state index in [1.165, 1.54) is 0 Å². The van der Waals surface area contributed by atoms with Crippen molar-refractivity contribution in [1.82, 2.24) is 16.0 Å². The second-order valence-corrected chi connectivity index (χ2v) is 5.45. The van der Waals surface area contributed by atoms with Crippen molar-refractivity contribution in [3.8, 4) is 0 Å². The molecule has 3 amide bonds. The van der Waals surface area contributed by atoms with Gasteiger partial charge in [-0.15, -0.1) is 0 Å². The third-order valence-electron chi connectivity index (χ3n) is 2.17. The van der Waals surface area contributed by atoms with E-state index in [9.17, 15) is 19.2 Å². The number of carboxylic acid groups (broad SMARTS) is 2. The summed E-state index contributed by atoms with van der Waals surface area (Å²) in [6.07, 6.45) is -0.631. The Morgan fingerprint density at radius 3 is 2.10 bits per heavy atom. The number of aliphatic carboxylic acids is 2. The smallest absolute Gasteiger partial charge is 0.326 e. The molecule has 0 aromatic heterocycles. The summed E-state index contributed by atoms with van der Waals surface area (Å²) >= 11 is 0. The molecule has 21 heavy (non-hydrogen) atoms. The summed E-state index contributed by atoms with van der Waals surface area (Å²) < 4.78 is 0. The van der Waals surface area contributed by atoms with E-state index in [4.69, 9.17) is 10.2 Å². The van der Waals surface area contributed by atoms with E-state index in [0.29, 0.717) is 0 Å². The lowest BCUT2D eigenvalue weighted by atomic mass is 10.1. The number of carbonyl (C=O) groups excluding carboxylic acids is 2. The average molecular weight is 303 g/mol. The van der Waals surface area contributed by atoms with E-state index < -0.39 is 35.5 Å². The summed E-state index contributed by atoms with van der Waals surface area (Å²) in [5.74, 6) is -2.92. The lowest BCUT2D eigenvalue weighted by molar-refractivity contribution is -0.140. The number of carbonyl (C=O) groups is 4. The van der Waals surface area contributed by atoms with Crippen molar-refractivity contribution in [3.05, 3.63) is 0 Å². The number of amides is 3. The molecule has 0 bridgehead atoms. The standard InChI is InChI=1S/C12H21N3O6/c1-12(2,3)15-8(16)6-13-11(21)14-7(10(19)20)4-5-9(17)18/h7H,4-6H2,1-3H3,(H,15,16)(H,17,18)(H,19,20)(H2,13,14,21)/t7-/m0/s1. The lowest BCUT2D eigenvalue weighted by Crippen LogP contribution is -2.50. The van der Waals surface area contributed by atoms with Gasteiger partial charge >= 0.3 is 18.0 Å². The first-order chi connectivity index (χ1) is 9.51. The molecule has 0 aromatic carbocycles. The fraction of sp³-hybridized carbons (Fsp3) is 0.667. The van der Waals surface area contributed by atoms with Crippen LogP contribution in [0.4, 0.5) is 4.79 Å². The van der Waals surface area contributed by atoms with Crippen LogP contribution in [0.25, 0.3) is 0 Å². The predicted molar refractivity (Wildman–Crippen MR) is 72.7 cm³/mol. The van der Waals surface area contributed by atoms with Gasteiger partial charge in [0.25, 0.3) is 0 Å². The van der Waals surface area contributed by atoms with Crippen molar-refractivity contribution >= 4 is 23.9 Å². The number of rotatable bonds is 7. The van der Waals surface area contributed by atoms with Crippen LogP contribution in [-0.4, -0.2) is 52.2 Å². The molecule has 0 aliphatic heterocycles. The third kappa shape index (κ3) is 10.2. The first kappa shape index (κ1) is 18.7. The molecule has 0 fully saturated rings. The van der Waals surface area contributed by atoms with Crippen molar-refractivity contribution in [2.24, 2.45) is 0 Å². The molecule has 0 spiro atoms. The van der Waals surface area contributed by atoms with Gasteiger partial charge in [0.1, 0.15) is 6.04 Å². The van der Waals surface area contributed by atoms with E-state index in [0.717, 1.165) is 0 Å². The fourth-order valence-electron chi connectivity index (χ4n) is 1.36. The van der Waals surface area contributed by atoms with Crippen molar-refractivity contribution < 1.29 is 29.4 Å². The van der Waals surface area contributed by atoms with Gasteiger partial charge in [0.2, 0.25) is 5.91 Å². The summed E-state index contributed by atoms with van der Waals surface area (Å²) in [5.41, 5.74) is -0.444. The summed E-state index contributed by atoms with van der Waals surface area (Å²) in [5, 5.41) is 24.3. The Labute approximate surface area is 122 Å². The average Bonchev–Trinajstić information content (AvgIpc) is 2.29. The van der Waals surface area contributed by atoms with Gasteiger partial charge < -0.3 is 26.2 Å². The van der Waals surface area contributed by atoms with E-state index >= 15 is 0 Å². The van der Waals surface area contributed by atoms with Crippen molar-refractivity contribution in [3.63, 3.8) is 0 Å². The van der Waals surface area contributed by atoms with Crippen LogP contribution in [-0.2, 0) is 14.4 Å². The molecule has 5 N–H and O–H groups in total. The minimum absolute atomic E-state index is 0.244. The highest BCUT2D eigenvalue weighted by molar-refractivity contribution is 5.87. The molecule has 9 nitrogen and oxygen atoms in total. The molecule has 0 aliphatic rings. The minimum atomic E-state index is -1.34. The number of nitrogens with one attached hydrogen (secondary N) is 3. The largest absolute Gasteiger partial charge is 0.481 e. The summed E-state index contributed by atoms with van der Waals surface area (Å²) in [6.45, 7) is 5.01. The highest BCUT2D eigenvalue weighted by Crippen LogP contribution is 1.98. The van der Waals surface area contributed by atoms with E-state index in [1.807, 2.05) is 0 Å². The SMILES string of the molecule is CC(C)(C)NC(=O)CNC(=O)N[C@@H](CCC(=O)O)C(=O)O. The first-order valence-corrected chi connectivity index (χ1v) is 6.31. The third-order valence-corrected chi connectivity index (χ3v) is 2.17. The maximum absolute atomic E-state index is 11.5. The number of carboxylic acids is 2. The molecule has 0 saturated carbocycles. The maximum Gasteiger partial charge on any atom is 0.326 e. The molecule has 0 rings (SSSR count). The number of urea groups is 1. The van der Waals surface area contributed by atoms with Crippen molar-refractivity contribution in [1.29, 1.82) is 0 Å². The Morgan fingerprint density at radius 1 is 1.10 bits per heavy atom. The van der Waals surface area contributed by atoms with Gasteiger partial charge in [-0.3, -0.25) is 9.59 Å². The first-order valence-electron chi connectivity index (χ1n) is 6.31. The number of hydrogen-bond acceptors (Lipinski definition) is 4. The molecule has 1 atom stereocenters. The molecular formula is C12H21N3O6.